The molecule has 8 atom stereocenters. The molecule has 3 N–H and O–H groups in total. The van der Waals surface area contributed by atoms with Crippen molar-refractivity contribution >= 4 is 46.8 Å². The largest absolute Gasteiger partial charge is 0.394 e. The fourth-order valence-electron chi connectivity index (χ4n) is 6.36. The van der Waals surface area contributed by atoms with E-state index in [2.05, 4.69) is 17.6 Å². The van der Waals surface area contributed by atoms with Crippen molar-refractivity contribution in [2.24, 2.45) is 23.7 Å². The fraction of sp³-hybridized carbons (Fsp3) is 0.654. The first-order valence-electron chi connectivity index (χ1n) is 12.7. The number of hydrogen-bond donors (Lipinski definition) is 3. The van der Waals surface area contributed by atoms with Crippen LogP contribution in [-0.4, -0.2) is 63.0 Å². The number of likely N-dealkylation sites (tertiary alicyclic amines) is 1. The molecule has 192 valence electrons. The molecule has 3 fully saturated rings. The lowest BCUT2D eigenvalue weighted by molar-refractivity contribution is -0.143. The van der Waals surface area contributed by atoms with Gasteiger partial charge >= 0.3 is 0 Å². The highest BCUT2D eigenvalue weighted by Crippen LogP contribution is 2.69. The average molecular weight is 522 g/mol. The van der Waals surface area contributed by atoms with E-state index in [0.717, 1.165) is 19.3 Å². The number of nitrogens with one attached hydrogen (secondary N) is 2. The van der Waals surface area contributed by atoms with E-state index in [0.29, 0.717) is 17.3 Å². The Kier molecular flexibility index (Phi) is 7.74. The lowest BCUT2D eigenvalue weighted by atomic mass is 9.66. The second-order valence-electron chi connectivity index (χ2n) is 10.2. The molecule has 35 heavy (non-hydrogen) atoms. The van der Waals surface area contributed by atoms with Crippen LogP contribution in [0.2, 0.25) is 5.02 Å². The van der Waals surface area contributed by atoms with Gasteiger partial charge in [0.2, 0.25) is 17.7 Å². The monoisotopic (exact) mass is 521 g/mol. The van der Waals surface area contributed by atoms with Gasteiger partial charge in [0, 0.05) is 11.8 Å². The summed E-state index contributed by atoms with van der Waals surface area (Å²) in [5.41, 5.74) is 0.484. The molecular weight excluding hydrogens is 486 g/mol. The van der Waals surface area contributed by atoms with Gasteiger partial charge in [-0.3, -0.25) is 14.4 Å². The summed E-state index contributed by atoms with van der Waals surface area (Å²) in [6.45, 7) is 8.40. The third-order valence-electron chi connectivity index (χ3n) is 8.26. The summed E-state index contributed by atoms with van der Waals surface area (Å²) in [4.78, 5) is 43.1. The Bertz CT molecular complexity index is 993. The SMILES string of the molecule is CCCNC(=O)[C@@H]1[C@@H]2CC(C)C3(S2)C(C(=O)Nc2ccccc2Cl)N([C@@H](CO)[C@@H](C)CC)C(=O)[C@H]13. The average Bonchev–Trinajstić information content (AvgIpc) is 3.43. The molecule has 3 unspecified atom stereocenters. The molecule has 1 aromatic carbocycles. The minimum absolute atomic E-state index is 0.00950. The standard InChI is InChI=1S/C26H36ClN3O4S/c1-5-11-28-23(32)20-19-12-15(4)26(35-19)21(20)25(34)30(18(13-31)14(3)6-2)22(26)24(33)29-17-10-8-7-9-16(17)27/h7-10,14-15,18-22,31H,5-6,11-13H2,1-4H3,(H,28,32)(H,29,33)/t14-,15?,18-,19-,20+,21-,22?,26?/m0/s1. The molecule has 9 heteroatoms. The van der Waals surface area contributed by atoms with Crippen LogP contribution in [0.15, 0.2) is 24.3 Å². The molecule has 0 aliphatic carbocycles. The summed E-state index contributed by atoms with van der Waals surface area (Å²) < 4.78 is -0.734. The Morgan fingerprint density at radius 3 is 2.63 bits per heavy atom. The van der Waals surface area contributed by atoms with E-state index in [1.54, 1.807) is 40.9 Å². The van der Waals surface area contributed by atoms with E-state index in [-0.39, 0.29) is 41.4 Å². The van der Waals surface area contributed by atoms with Crippen LogP contribution < -0.4 is 10.6 Å². The number of carbonyl (C=O) groups is 3. The van der Waals surface area contributed by atoms with Crippen LogP contribution in [0, 0.1) is 23.7 Å². The maximum absolute atomic E-state index is 14.2. The van der Waals surface area contributed by atoms with Gasteiger partial charge in [0.05, 0.1) is 39.9 Å². The van der Waals surface area contributed by atoms with Gasteiger partial charge < -0.3 is 20.6 Å². The number of benzene rings is 1. The van der Waals surface area contributed by atoms with Crippen molar-refractivity contribution < 1.29 is 19.5 Å². The van der Waals surface area contributed by atoms with Gasteiger partial charge in [0.15, 0.2) is 0 Å². The Balaban J connectivity index is 1.79. The van der Waals surface area contributed by atoms with Gasteiger partial charge in [0.1, 0.15) is 6.04 Å². The molecule has 2 bridgehead atoms. The molecule has 3 aliphatic rings. The van der Waals surface area contributed by atoms with Crippen molar-refractivity contribution in [3.63, 3.8) is 0 Å². The number of hydrogen-bond acceptors (Lipinski definition) is 5. The lowest BCUT2D eigenvalue weighted by Crippen LogP contribution is -2.58. The van der Waals surface area contributed by atoms with E-state index in [1.165, 1.54) is 0 Å². The Morgan fingerprint density at radius 2 is 2.00 bits per heavy atom. The minimum Gasteiger partial charge on any atom is -0.394 e. The first-order valence-corrected chi connectivity index (χ1v) is 13.9. The van der Waals surface area contributed by atoms with E-state index >= 15 is 0 Å². The van der Waals surface area contributed by atoms with E-state index in [1.807, 2.05) is 20.8 Å². The number of aliphatic hydroxyl groups is 1. The molecule has 1 aromatic rings. The number of halogens is 1. The summed E-state index contributed by atoms with van der Waals surface area (Å²) in [6.07, 6.45) is 2.33. The summed E-state index contributed by atoms with van der Waals surface area (Å²) >= 11 is 7.97. The van der Waals surface area contributed by atoms with Crippen LogP contribution >= 0.6 is 23.4 Å². The molecule has 0 radical (unpaired) electrons. The summed E-state index contributed by atoms with van der Waals surface area (Å²) in [5, 5.41) is 16.8. The second kappa shape index (κ2) is 10.3. The van der Waals surface area contributed by atoms with Gasteiger partial charge in [-0.25, -0.2) is 0 Å². The number of amides is 3. The summed E-state index contributed by atoms with van der Waals surface area (Å²) in [7, 11) is 0. The molecule has 7 nitrogen and oxygen atoms in total. The summed E-state index contributed by atoms with van der Waals surface area (Å²) in [6, 6.07) is 5.70. The molecular formula is C26H36ClN3O4S. The Labute approximate surface area is 216 Å². The van der Waals surface area contributed by atoms with Gasteiger partial charge in [-0.2, -0.15) is 0 Å². The van der Waals surface area contributed by atoms with Crippen molar-refractivity contribution in [2.45, 2.75) is 69.0 Å². The number of para-hydroxylation sites is 1. The minimum atomic E-state index is -0.809. The maximum Gasteiger partial charge on any atom is 0.248 e. The first-order chi connectivity index (χ1) is 16.7. The maximum atomic E-state index is 14.2. The zero-order chi connectivity index (χ0) is 25.5. The first kappa shape index (κ1) is 26.3. The molecule has 3 amide bonds. The second-order valence-corrected chi connectivity index (χ2v) is 12.1. The molecule has 3 saturated heterocycles. The summed E-state index contributed by atoms with van der Waals surface area (Å²) in [5.74, 6) is -1.64. The Hall–Kier alpha value is -1.77. The van der Waals surface area contributed by atoms with E-state index in [4.69, 9.17) is 11.6 Å². The number of rotatable bonds is 9. The van der Waals surface area contributed by atoms with Gasteiger partial charge in [0.25, 0.3) is 0 Å². The third-order valence-corrected chi connectivity index (χ3v) is 10.7. The zero-order valence-electron chi connectivity index (χ0n) is 20.8. The number of fused-ring (bicyclic) bond motifs is 1. The molecule has 0 aromatic heterocycles. The topological polar surface area (TPSA) is 98.7 Å². The van der Waals surface area contributed by atoms with Gasteiger partial charge in [-0.1, -0.05) is 57.8 Å². The van der Waals surface area contributed by atoms with Gasteiger partial charge in [-0.05, 0) is 36.8 Å². The molecule has 1 spiro atoms. The van der Waals surface area contributed by atoms with Crippen LogP contribution in [0.5, 0.6) is 0 Å². The highest BCUT2D eigenvalue weighted by molar-refractivity contribution is 8.02. The van der Waals surface area contributed by atoms with Crippen molar-refractivity contribution in [1.82, 2.24) is 10.2 Å². The van der Waals surface area contributed by atoms with Crippen molar-refractivity contribution in [3.05, 3.63) is 29.3 Å². The Morgan fingerprint density at radius 1 is 1.29 bits per heavy atom. The van der Waals surface area contributed by atoms with Gasteiger partial charge in [-0.15, -0.1) is 11.8 Å². The van der Waals surface area contributed by atoms with E-state index < -0.39 is 28.7 Å². The molecule has 3 aliphatic heterocycles. The van der Waals surface area contributed by atoms with Crippen LogP contribution in [0.1, 0.15) is 47.0 Å². The lowest BCUT2D eigenvalue weighted by Gasteiger charge is -2.41. The van der Waals surface area contributed by atoms with E-state index in [9.17, 15) is 19.5 Å². The highest BCUT2D eigenvalue weighted by atomic mass is 35.5. The smallest absolute Gasteiger partial charge is 0.248 e. The zero-order valence-corrected chi connectivity index (χ0v) is 22.4. The normalized spacial score (nSPS) is 32.9. The molecule has 4 rings (SSSR count). The van der Waals surface area contributed by atoms with Crippen LogP contribution in [0.25, 0.3) is 0 Å². The molecule has 0 saturated carbocycles. The van der Waals surface area contributed by atoms with Crippen LogP contribution in [0.3, 0.4) is 0 Å². The third kappa shape index (κ3) is 4.15. The number of nitrogens with zero attached hydrogens (tertiary/aromatic N) is 1. The predicted molar refractivity (Wildman–Crippen MR) is 139 cm³/mol. The van der Waals surface area contributed by atoms with Crippen LogP contribution in [0.4, 0.5) is 5.69 Å². The highest BCUT2D eigenvalue weighted by Gasteiger charge is 2.76. The number of carbonyl (C=O) groups excluding carboxylic acids is 3. The quantitative estimate of drug-likeness (QED) is 0.461. The van der Waals surface area contributed by atoms with Crippen molar-refractivity contribution in [3.8, 4) is 0 Å². The predicted octanol–water partition coefficient (Wildman–Crippen LogP) is 3.55. The number of aliphatic hydroxyl groups excluding tert-OH is 1. The number of anilines is 1. The fourth-order valence-corrected chi connectivity index (χ4v) is 8.95. The van der Waals surface area contributed by atoms with Crippen LogP contribution in [-0.2, 0) is 14.4 Å². The molecule has 3 heterocycles. The van der Waals surface area contributed by atoms with Crippen molar-refractivity contribution in [1.29, 1.82) is 0 Å². The number of thioether (sulfide) groups is 1. The van der Waals surface area contributed by atoms with Crippen molar-refractivity contribution in [2.75, 3.05) is 18.5 Å².